The first-order valence-corrected chi connectivity index (χ1v) is 8.67. The van der Waals surface area contributed by atoms with Crippen LogP contribution in [0.2, 0.25) is 0 Å². The summed E-state index contributed by atoms with van der Waals surface area (Å²) in [5.41, 5.74) is 0.602. The van der Waals surface area contributed by atoms with Crippen molar-refractivity contribution in [2.75, 3.05) is 26.8 Å². The van der Waals surface area contributed by atoms with Crippen molar-refractivity contribution in [3.63, 3.8) is 0 Å². The molecule has 118 valence electrons. The summed E-state index contributed by atoms with van der Waals surface area (Å²) in [7, 11) is -1.93. The third kappa shape index (κ3) is 4.03. The summed E-state index contributed by atoms with van der Waals surface area (Å²) >= 11 is 0. The van der Waals surface area contributed by atoms with Crippen LogP contribution in [0.1, 0.15) is 31.4 Å². The molecule has 0 aromatic heterocycles. The van der Waals surface area contributed by atoms with Gasteiger partial charge in [-0.25, -0.2) is 12.7 Å². The van der Waals surface area contributed by atoms with Gasteiger partial charge >= 0.3 is 0 Å². The van der Waals surface area contributed by atoms with Gasteiger partial charge in [0.05, 0.1) is 17.6 Å². The predicted octanol–water partition coefficient (Wildman–Crippen LogP) is 1.79. The van der Waals surface area contributed by atoms with Crippen LogP contribution in [0.3, 0.4) is 0 Å². The summed E-state index contributed by atoms with van der Waals surface area (Å²) in [5, 5.41) is 9.59. The van der Waals surface area contributed by atoms with E-state index < -0.39 is 16.1 Å². The minimum absolute atomic E-state index is 0.222. The molecule has 0 aliphatic carbocycles. The molecule has 1 N–H and O–H groups in total. The maximum atomic E-state index is 12.6. The van der Waals surface area contributed by atoms with Crippen LogP contribution in [0.15, 0.2) is 29.2 Å². The molecule has 6 heteroatoms. The first-order chi connectivity index (χ1) is 9.91. The quantitative estimate of drug-likeness (QED) is 0.900. The number of sulfonamides is 1. The molecule has 0 amide bonds. The van der Waals surface area contributed by atoms with Gasteiger partial charge in [0.15, 0.2) is 0 Å². The van der Waals surface area contributed by atoms with Crippen LogP contribution in [0, 0.1) is 5.92 Å². The van der Waals surface area contributed by atoms with Gasteiger partial charge in [-0.05, 0) is 43.4 Å². The van der Waals surface area contributed by atoms with Crippen molar-refractivity contribution in [2.24, 2.45) is 5.92 Å². The van der Waals surface area contributed by atoms with E-state index in [0.29, 0.717) is 18.7 Å². The van der Waals surface area contributed by atoms with Crippen LogP contribution in [0.25, 0.3) is 0 Å². The first-order valence-electron chi connectivity index (χ1n) is 7.23. The minimum Gasteiger partial charge on any atom is -0.389 e. The topological polar surface area (TPSA) is 66.8 Å². The fourth-order valence-corrected chi connectivity index (χ4v) is 3.83. The molecule has 1 fully saturated rings. The number of rotatable bonds is 5. The zero-order chi connectivity index (χ0) is 15.5. The molecule has 1 aromatic carbocycles. The molecular weight excluding hydrogens is 290 g/mol. The van der Waals surface area contributed by atoms with E-state index in [-0.39, 0.29) is 10.8 Å². The Bertz CT molecular complexity index is 565. The number of aliphatic hydroxyl groups excluding tert-OH is 1. The van der Waals surface area contributed by atoms with E-state index in [1.54, 1.807) is 32.2 Å². The smallest absolute Gasteiger partial charge is 0.242 e. The van der Waals surface area contributed by atoms with Gasteiger partial charge < -0.3 is 9.84 Å². The lowest BCUT2D eigenvalue weighted by Gasteiger charge is -2.26. The number of hydrogen-bond acceptors (Lipinski definition) is 4. The van der Waals surface area contributed by atoms with E-state index in [0.717, 1.165) is 19.4 Å². The van der Waals surface area contributed by atoms with Crippen LogP contribution in [0.5, 0.6) is 0 Å². The SMILES string of the molecule is CC(O)c1cccc(S(=O)(=O)N(C)CC2CCCOC2)c1. The molecule has 5 nitrogen and oxygen atoms in total. The van der Waals surface area contributed by atoms with E-state index in [2.05, 4.69) is 0 Å². The van der Waals surface area contributed by atoms with Crippen LogP contribution in [-0.4, -0.2) is 44.6 Å². The maximum Gasteiger partial charge on any atom is 0.242 e. The van der Waals surface area contributed by atoms with Crippen molar-refractivity contribution >= 4 is 10.0 Å². The highest BCUT2D eigenvalue weighted by Crippen LogP contribution is 2.22. The van der Waals surface area contributed by atoms with E-state index in [4.69, 9.17) is 4.74 Å². The van der Waals surface area contributed by atoms with Crippen LogP contribution < -0.4 is 0 Å². The average molecular weight is 313 g/mol. The lowest BCUT2D eigenvalue weighted by molar-refractivity contribution is 0.0495. The molecule has 0 saturated carbocycles. The summed E-state index contributed by atoms with van der Waals surface area (Å²) in [6.07, 6.45) is 1.29. The number of aliphatic hydroxyl groups is 1. The Morgan fingerprint density at radius 1 is 1.48 bits per heavy atom. The second-order valence-corrected chi connectivity index (χ2v) is 7.66. The Kier molecular flexibility index (Phi) is 5.37. The van der Waals surface area contributed by atoms with Gasteiger partial charge in [0, 0.05) is 20.2 Å². The van der Waals surface area contributed by atoms with E-state index in [1.165, 1.54) is 10.4 Å². The second-order valence-electron chi connectivity index (χ2n) is 5.62. The molecule has 1 heterocycles. The van der Waals surface area contributed by atoms with Gasteiger partial charge in [-0.1, -0.05) is 12.1 Å². The fourth-order valence-electron chi connectivity index (χ4n) is 2.53. The third-order valence-corrected chi connectivity index (χ3v) is 5.64. The third-order valence-electron chi connectivity index (χ3n) is 3.82. The van der Waals surface area contributed by atoms with Crippen molar-refractivity contribution in [3.05, 3.63) is 29.8 Å². The lowest BCUT2D eigenvalue weighted by Crippen LogP contribution is -2.35. The van der Waals surface area contributed by atoms with Crippen molar-refractivity contribution in [1.29, 1.82) is 0 Å². The number of hydrogen-bond donors (Lipinski definition) is 1. The van der Waals surface area contributed by atoms with Gasteiger partial charge in [0.25, 0.3) is 0 Å². The minimum atomic E-state index is -3.53. The predicted molar refractivity (Wildman–Crippen MR) is 80.4 cm³/mol. The zero-order valence-electron chi connectivity index (χ0n) is 12.5. The summed E-state index contributed by atoms with van der Waals surface area (Å²) in [6.45, 7) is 3.47. The monoisotopic (exact) mass is 313 g/mol. The van der Waals surface area contributed by atoms with Gasteiger partial charge in [0.2, 0.25) is 10.0 Å². The molecule has 2 rings (SSSR count). The highest BCUT2D eigenvalue weighted by atomic mass is 32.2. The van der Waals surface area contributed by atoms with E-state index in [9.17, 15) is 13.5 Å². The molecule has 1 aliphatic heterocycles. The molecule has 1 saturated heterocycles. The van der Waals surface area contributed by atoms with Crippen LogP contribution in [0.4, 0.5) is 0 Å². The van der Waals surface area contributed by atoms with Crippen molar-refractivity contribution in [2.45, 2.75) is 30.8 Å². The molecule has 2 unspecified atom stereocenters. The van der Waals surface area contributed by atoms with Gasteiger partial charge in [0.1, 0.15) is 0 Å². The van der Waals surface area contributed by atoms with E-state index >= 15 is 0 Å². The fraction of sp³-hybridized carbons (Fsp3) is 0.600. The highest BCUT2D eigenvalue weighted by Gasteiger charge is 2.25. The van der Waals surface area contributed by atoms with Crippen LogP contribution in [-0.2, 0) is 14.8 Å². The number of ether oxygens (including phenoxy) is 1. The molecule has 0 bridgehead atoms. The Labute approximate surface area is 126 Å². The van der Waals surface area contributed by atoms with Gasteiger partial charge in [-0.2, -0.15) is 0 Å². The molecule has 0 radical (unpaired) electrons. The molecular formula is C15H23NO4S. The molecule has 0 spiro atoms. The van der Waals surface area contributed by atoms with Crippen molar-refractivity contribution < 1.29 is 18.3 Å². The van der Waals surface area contributed by atoms with Crippen molar-refractivity contribution in [3.8, 4) is 0 Å². The molecule has 1 aliphatic rings. The largest absolute Gasteiger partial charge is 0.389 e. The Hall–Kier alpha value is -0.950. The Morgan fingerprint density at radius 3 is 2.86 bits per heavy atom. The maximum absolute atomic E-state index is 12.6. The average Bonchev–Trinajstić information content (AvgIpc) is 2.48. The summed E-state index contributed by atoms with van der Waals surface area (Å²) in [6, 6.07) is 6.48. The summed E-state index contributed by atoms with van der Waals surface area (Å²) < 4.78 is 31.9. The lowest BCUT2D eigenvalue weighted by atomic mass is 10.0. The zero-order valence-corrected chi connectivity index (χ0v) is 13.3. The highest BCUT2D eigenvalue weighted by molar-refractivity contribution is 7.89. The van der Waals surface area contributed by atoms with Crippen LogP contribution >= 0.6 is 0 Å². The van der Waals surface area contributed by atoms with Crippen molar-refractivity contribution in [1.82, 2.24) is 4.31 Å². The molecule has 1 aromatic rings. The normalized spacial score (nSPS) is 21.4. The number of nitrogens with zero attached hydrogens (tertiary/aromatic N) is 1. The summed E-state index contributed by atoms with van der Waals surface area (Å²) in [5.74, 6) is 0.249. The second kappa shape index (κ2) is 6.87. The Balaban J connectivity index is 2.14. The molecule has 21 heavy (non-hydrogen) atoms. The van der Waals surface area contributed by atoms with Gasteiger partial charge in [-0.15, -0.1) is 0 Å². The summed E-state index contributed by atoms with van der Waals surface area (Å²) in [4.78, 5) is 0.222. The first kappa shape index (κ1) is 16.4. The Morgan fingerprint density at radius 2 is 2.24 bits per heavy atom. The number of benzene rings is 1. The standard InChI is InChI=1S/C15H23NO4S/c1-12(17)14-6-3-7-15(9-14)21(18,19)16(2)10-13-5-4-8-20-11-13/h3,6-7,9,12-13,17H,4-5,8,10-11H2,1-2H3. The van der Waals surface area contributed by atoms with Gasteiger partial charge in [-0.3, -0.25) is 0 Å². The van der Waals surface area contributed by atoms with E-state index in [1.807, 2.05) is 0 Å². The molecule has 2 atom stereocenters.